The zero-order valence-electron chi connectivity index (χ0n) is 11.5. The number of hydrogen-bond acceptors (Lipinski definition) is 3. The van der Waals surface area contributed by atoms with Gasteiger partial charge in [-0.3, -0.25) is 0 Å². The summed E-state index contributed by atoms with van der Waals surface area (Å²) in [5.41, 5.74) is 2.71. The van der Waals surface area contributed by atoms with Gasteiger partial charge in [-0.15, -0.1) is 16.4 Å². The van der Waals surface area contributed by atoms with Gasteiger partial charge in [0.1, 0.15) is 5.52 Å². The Bertz CT molecular complexity index is 541. The second-order valence-corrected chi connectivity index (χ2v) is 7.60. The van der Waals surface area contributed by atoms with Gasteiger partial charge in [-0.1, -0.05) is 41.5 Å². The van der Waals surface area contributed by atoms with Crippen LogP contribution >= 0.6 is 11.3 Å². The van der Waals surface area contributed by atoms with Crippen molar-refractivity contribution in [3.63, 3.8) is 0 Å². The summed E-state index contributed by atoms with van der Waals surface area (Å²) < 4.78 is 1.25. The molecule has 0 aliphatic heterocycles. The Kier molecular flexibility index (Phi) is 2.77. The maximum Gasteiger partial charge on any atom is 0.108 e. The minimum atomic E-state index is 0.108. The van der Waals surface area contributed by atoms with E-state index in [4.69, 9.17) is 0 Å². The normalized spacial score (nSPS) is 13.3. The Morgan fingerprint density at radius 1 is 1.00 bits per heavy atom. The van der Waals surface area contributed by atoms with E-state index in [1.165, 1.54) is 15.1 Å². The molecular formula is C14H20N2S. The highest BCUT2D eigenvalue weighted by molar-refractivity contribution is 7.19. The zero-order valence-corrected chi connectivity index (χ0v) is 12.3. The third kappa shape index (κ3) is 2.21. The molecule has 0 amide bonds. The van der Waals surface area contributed by atoms with Crippen molar-refractivity contribution < 1.29 is 0 Å². The van der Waals surface area contributed by atoms with Gasteiger partial charge in [0, 0.05) is 10.4 Å². The second kappa shape index (κ2) is 3.77. The predicted molar refractivity (Wildman–Crippen MR) is 74.8 cm³/mol. The van der Waals surface area contributed by atoms with Crippen LogP contribution < -0.4 is 0 Å². The number of rotatable bonds is 0. The van der Waals surface area contributed by atoms with Crippen molar-refractivity contribution >= 4 is 21.6 Å². The van der Waals surface area contributed by atoms with Crippen molar-refractivity contribution in [2.45, 2.75) is 52.4 Å². The molecule has 0 spiro atoms. The van der Waals surface area contributed by atoms with Crippen molar-refractivity contribution in [1.29, 1.82) is 0 Å². The Morgan fingerprint density at radius 3 is 2.18 bits per heavy atom. The summed E-state index contributed by atoms with van der Waals surface area (Å²) in [7, 11) is 0. The van der Waals surface area contributed by atoms with E-state index in [0.29, 0.717) is 0 Å². The van der Waals surface area contributed by atoms with Gasteiger partial charge < -0.3 is 0 Å². The molecule has 2 rings (SSSR count). The van der Waals surface area contributed by atoms with Crippen LogP contribution in [-0.4, -0.2) is 10.2 Å². The van der Waals surface area contributed by atoms with E-state index in [2.05, 4.69) is 57.8 Å². The average molecular weight is 248 g/mol. The molecule has 2 heterocycles. The topological polar surface area (TPSA) is 25.8 Å². The van der Waals surface area contributed by atoms with Gasteiger partial charge in [0.25, 0.3) is 0 Å². The number of hydrogen-bond donors (Lipinski definition) is 0. The van der Waals surface area contributed by atoms with Crippen molar-refractivity contribution in [1.82, 2.24) is 10.2 Å². The highest BCUT2D eigenvalue weighted by Gasteiger charge is 2.30. The number of nitrogens with zero attached hydrogens (tertiary/aromatic N) is 2. The first-order chi connectivity index (χ1) is 7.71. The van der Waals surface area contributed by atoms with E-state index in [1.54, 1.807) is 6.20 Å². The molecule has 0 aliphatic carbocycles. The molecule has 17 heavy (non-hydrogen) atoms. The molecule has 0 aromatic carbocycles. The Labute approximate surface area is 107 Å². The van der Waals surface area contributed by atoms with Crippen LogP contribution in [0, 0.1) is 0 Å². The Balaban J connectivity index is 2.84. The minimum Gasteiger partial charge on any atom is -0.158 e. The van der Waals surface area contributed by atoms with E-state index in [0.717, 1.165) is 5.52 Å². The van der Waals surface area contributed by atoms with Crippen LogP contribution in [-0.2, 0) is 10.8 Å². The molecule has 2 nitrogen and oxygen atoms in total. The molecule has 0 radical (unpaired) electrons. The smallest absolute Gasteiger partial charge is 0.108 e. The molecule has 0 bridgehead atoms. The molecule has 0 saturated heterocycles. The lowest BCUT2D eigenvalue weighted by Gasteiger charge is -2.26. The molecule has 92 valence electrons. The summed E-state index contributed by atoms with van der Waals surface area (Å²) in [4.78, 5) is 1.43. The van der Waals surface area contributed by atoms with Crippen LogP contribution in [0.15, 0.2) is 12.3 Å². The van der Waals surface area contributed by atoms with Crippen LogP contribution in [0.5, 0.6) is 0 Å². The van der Waals surface area contributed by atoms with Crippen molar-refractivity contribution in [2.24, 2.45) is 0 Å². The zero-order chi connectivity index (χ0) is 12.8. The van der Waals surface area contributed by atoms with Crippen molar-refractivity contribution in [3.05, 3.63) is 22.7 Å². The van der Waals surface area contributed by atoms with Gasteiger partial charge in [0.2, 0.25) is 0 Å². The maximum atomic E-state index is 4.34. The highest BCUT2D eigenvalue weighted by atomic mass is 32.1. The van der Waals surface area contributed by atoms with Gasteiger partial charge in [0.05, 0.1) is 10.9 Å². The summed E-state index contributed by atoms with van der Waals surface area (Å²) in [5.74, 6) is 0. The van der Waals surface area contributed by atoms with E-state index in [9.17, 15) is 0 Å². The molecule has 0 N–H and O–H groups in total. The molecule has 0 aliphatic rings. The third-order valence-electron chi connectivity index (χ3n) is 2.79. The van der Waals surface area contributed by atoms with Crippen LogP contribution in [0.4, 0.5) is 0 Å². The van der Waals surface area contributed by atoms with E-state index >= 15 is 0 Å². The van der Waals surface area contributed by atoms with Crippen LogP contribution in [0.3, 0.4) is 0 Å². The molecule has 0 fully saturated rings. The van der Waals surface area contributed by atoms with Crippen molar-refractivity contribution in [3.8, 4) is 0 Å². The highest BCUT2D eigenvalue weighted by Crippen LogP contribution is 2.43. The van der Waals surface area contributed by atoms with Gasteiger partial charge in [-0.25, -0.2) is 0 Å². The molecule has 0 unspecified atom stereocenters. The first-order valence-electron chi connectivity index (χ1n) is 5.96. The first-order valence-corrected chi connectivity index (χ1v) is 6.78. The van der Waals surface area contributed by atoms with Crippen molar-refractivity contribution in [2.75, 3.05) is 0 Å². The third-order valence-corrected chi connectivity index (χ3v) is 4.36. The van der Waals surface area contributed by atoms with Gasteiger partial charge in [-0.2, -0.15) is 5.10 Å². The fraction of sp³-hybridized carbons (Fsp3) is 0.571. The lowest BCUT2D eigenvalue weighted by Crippen LogP contribution is -2.19. The monoisotopic (exact) mass is 248 g/mol. The maximum absolute atomic E-state index is 4.34. The Morgan fingerprint density at radius 2 is 1.65 bits per heavy atom. The number of aromatic nitrogens is 2. The fourth-order valence-electron chi connectivity index (χ4n) is 2.07. The molecule has 3 heteroatoms. The summed E-state index contributed by atoms with van der Waals surface area (Å²) >= 11 is 1.86. The molecule has 2 aromatic heterocycles. The number of fused-ring (bicyclic) bond motifs is 1. The SMILES string of the molecule is CC(C)(C)c1sc2ccnnc2c1C(C)(C)C. The predicted octanol–water partition coefficient (Wildman–Crippen LogP) is 4.29. The lowest BCUT2D eigenvalue weighted by atomic mass is 9.80. The fourth-order valence-corrected chi connectivity index (χ4v) is 3.47. The van der Waals surface area contributed by atoms with Gasteiger partial charge in [-0.05, 0) is 16.9 Å². The summed E-state index contributed by atoms with van der Waals surface area (Å²) in [6.07, 6.45) is 1.78. The van der Waals surface area contributed by atoms with Gasteiger partial charge >= 0.3 is 0 Å². The van der Waals surface area contributed by atoms with Crippen LogP contribution in [0.2, 0.25) is 0 Å². The van der Waals surface area contributed by atoms with Crippen LogP contribution in [0.1, 0.15) is 52.0 Å². The standard InChI is InChI=1S/C14H20N2S/c1-13(2,3)10-11-9(7-8-15-16-11)17-12(10)14(4,5)6/h7-8H,1-6H3. The second-order valence-electron chi connectivity index (χ2n) is 6.55. The summed E-state index contributed by atoms with van der Waals surface area (Å²) in [6.45, 7) is 13.5. The summed E-state index contributed by atoms with van der Waals surface area (Å²) in [5, 5.41) is 8.38. The summed E-state index contributed by atoms with van der Waals surface area (Å²) in [6, 6.07) is 2.07. The largest absolute Gasteiger partial charge is 0.158 e. The van der Waals surface area contributed by atoms with E-state index in [1.807, 2.05) is 11.3 Å². The molecule has 2 aromatic rings. The molecule has 0 atom stereocenters. The quantitative estimate of drug-likeness (QED) is 0.695. The Hall–Kier alpha value is -0.960. The average Bonchev–Trinajstić information content (AvgIpc) is 2.54. The first kappa shape index (κ1) is 12.5. The van der Waals surface area contributed by atoms with E-state index < -0.39 is 0 Å². The number of thiophene rings is 1. The van der Waals surface area contributed by atoms with Gasteiger partial charge in [0.15, 0.2) is 0 Å². The molecular weight excluding hydrogens is 228 g/mol. The lowest BCUT2D eigenvalue weighted by molar-refractivity contribution is 0.544. The molecule has 0 saturated carbocycles. The minimum absolute atomic E-state index is 0.108. The van der Waals surface area contributed by atoms with E-state index in [-0.39, 0.29) is 10.8 Å². The van der Waals surface area contributed by atoms with Crippen LogP contribution in [0.25, 0.3) is 10.2 Å².